The van der Waals surface area contributed by atoms with Gasteiger partial charge >= 0.3 is 0 Å². The van der Waals surface area contributed by atoms with E-state index in [1.54, 1.807) is 18.2 Å². The number of fused-ring (bicyclic) bond motifs is 2. The number of anilines is 1. The summed E-state index contributed by atoms with van der Waals surface area (Å²) in [6, 6.07) is 10.6. The maximum atomic E-state index is 15.4. The van der Waals surface area contributed by atoms with E-state index in [9.17, 15) is 24.0 Å². The number of piperidine rings is 1. The van der Waals surface area contributed by atoms with Crippen LogP contribution in [0.15, 0.2) is 42.5 Å². The Bertz CT molecular complexity index is 2630. The van der Waals surface area contributed by atoms with Gasteiger partial charge in [0.05, 0.1) is 46.2 Å². The largest absolute Gasteiger partial charge is 0.489 e. The molecule has 1 unspecified atom stereocenters. The fourth-order valence-corrected chi connectivity index (χ4v) is 12.4. The molecule has 0 radical (unpaired) electrons. The first-order valence-corrected chi connectivity index (χ1v) is 22.1. The normalized spacial score (nSPS) is 27.7. The topological polar surface area (TPSA) is 137 Å². The molecule has 63 heavy (non-hydrogen) atoms. The van der Waals surface area contributed by atoms with E-state index in [-0.39, 0.29) is 69.9 Å². The highest BCUT2D eigenvalue weighted by Gasteiger charge is 2.67. The van der Waals surface area contributed by atoms with Crippen molar-refractivity contribution in [3.8, 4) is 17.6 Å². The Labute approximate surface area is 370 Å². The van der Waals surface area contributed by atoms with Crippen LogP contribution >= 0.6 is 11.6 Å². The number of likely N-dealkylation sites (tertiary alicyclic amines) is 1. The second-order valence-corrected chi connectivity index (χ2v) is 20.1. The molecule has 13 nitrogen and oxygen atoms in total. The Kier molecular flexibility index (Phi) is 9.55. The van der Waals surface area contributed by atoms with E-state index in [2.05, 4.69) is 54.6 Å². The molecule has 2 saturated carbocycles. The third kappa shape index (κ3) is 6.59. The number of hydrogen-bond acceptors (Lipinski definition) is 9. The molecule has 7 aliphatic rings. The van der Waals surface area contributed by atoms with E-state index in [1.165, 1.54) is 6.07 Å². The van der Waals surface area contributed by atoms with Gasteiger partial charge in [0, 0.05) is 66.8 Å². The molecule has 1 aromatic heterocycles. The summed E-state index contributed by atoms with van der Waals surface area (Å²) < 4.78 is 21.9. The predicted molar refractivity (Wildman–Crippen MR) is 230 cm³/mol. The lowest BCUT2D eigenvalue weighted by atomic mass is 9.49. The zero-order chi connectivity index (χ0) is 44.3. The van der Waals surface area contributed by atoms with Gasteiger partial charge in [-0.3, -0.25) is 39.1 Å². The maximum Gasteiger partial charge on any atom is 0.262 e. The first kappa shape index (κ1) is 41.2. The van der Waals surface area contributed by atoms with Crippen LogP contribution in [0, 0.1) is 46.4 Å². The van der Waals surface area contributed by atoms with Crippen molar-refractivity contribution >= 4 is 52.5 Å². The summed E-state index contributed by atoms with van der Waals surface area (Å²) in [5.74, 6) is 4.54. The number of nitrogens with zero attached hydrogens (tertiary/aromatic N) is 6. The average molecular weight is 872 g/mol. The first-order valence-electron chi connectivity index (χ1n) is 21.7. The lowest BCUT2D eigenvalue weighted by Crippen LogP contribution is -2.74. The number of carbonyl (C=O) groups is 5. The molecule has 2 aromatic carbocycles. The van der Waals surface area contributed by atoms with E-state index >= 15 is 4.39 Å². The van der Waals surface area contributed by atoms with Crippen LogP contribution in [-0.4, -0.2) is 99.6 Å². The molecule has 15 heteroatoms. The minimum absolute atomic E-state index is 0.0177. The van der Waals surface area contributed by atoms with E-state index in [0.29, 0.717) is 53.4 Å². The Balaban J connectivity index is 0.710. The van der Waals surface area contributed by atoms with Crippen molar-refractivity contribution in [2.75, 3.05) is 31.1 Å². The minimum atomic E-state index is -1.10. The minimum Gasteiger partial charge on any atom is -0.489 e. The Morgan fingerprint density at radius 3 is 2.24 bits per heavy atom. The molecular formula is C48H47ClFN7O6. The second-order valence-electron chi connectivity index (χ2n) is 19.7. The highest BCUT2D eigenvalue weighted by Crippen LogP contribution is 2.59. The number of benzene rings is 2. The van der Waals surface area contributed by atoms with Crippen molar-refractivity contribution in [1.29, 1.82) is 0 Å². The van der Waals surface area contributed by atoms with Crippen LogP contribution < -0.4 is 15.0 Å². The molecule has 5 aliphatic heterocycles. The Hall–Kier alpha value is -5.83. The third-order valence-corrected chi connectivity index (χ3v) is 15.0. The second kappa shape index (κ2) is 14.6. The summed E-state index contributed by atoms with van der Waals surface area (Å²) in [5, 5.41) is 2.53. The molecule has 1 spiro atoms. The van der Waals surface area contributed by atoms with Gasteiger partial charge < -0.3 is 14.5 Å². The number of amides is 5. The lowest BCUT2D eigenvalue weighted by Gasteiger charge is -2.65. The van der Waals surface area contributed by atoms with Gasteiger partial charge in [-0.1, -0.05) is 51.3 Å². The first-order chi connectivity index (χ1) is 30.0. The number of hydrogen-bond donors (Lipinski definition) is 1. The van der Waals surface area contributed by atoms with Crippen molar-refractivity contribution < 1.29 is 33.1 Å². The zero-order valence-corrected chi connectivity index (χ0v) is 36.4. The Morgan fingerprint density at radius 1 is 0.873 bits per heavy atom. The van der Waals surface area contributed by atoms with Crippen LogP contribution in [0.3, 0.4) is 0 Å². The van der Waals surface area contributed by atoms with Gasteiger partial charge in [-0.15, -0.1) is 0 Å². The monoisotopic (exact) mass is 871 g/mol. The summed E-state index contributed by atoms with van der Waals surface area (Å²) >= 11 is 6.30. The molecule has 1 N–H and O–H groups in total. The molecular weight excluding hydrogens is 825 g/mol. The number of carbonyl (C=O) groups excluding carboxylic acids is 5. The van der Waals surface area contributed by atoms with Gasteiger partial charge in [0.1, 0.15) is 29.4 Å². The van der Waals surface area contributed by atoms with Crippen molar-refractivity contribution in [2.24, 2.45) is 22.2 Å². The zero-order valence-electron chi connectivity index (χ0n) is 35.6. The number of aromatic nitrogens is 1. The van der Waals surface area contributed by atoms with Crippen molar-refractivity contribution in [2.45, 2.75) is 97.0 Å². The predicted octanol–water partition coefficient (Wildman–Crippen LogP) is 6.40. The van der Waals surface area contributed by atoms with Gasteiger partial charge in [-0.25, -0.2) is 14.2 Å². The van der Waals surface area contributed by atoms with Gasteiger partial charge in [0.25, 0.3) is 17.7 Å². The fourth-order valence-electron chi connectivity index (χ4n) is 12.2. The quantitative estimate of drug-likeness (QED) is 0.170. The molecule has 0 bridgehead atoms. The molecule has 324 valence electrons. The number of pyridine rings is 1. The van der Waals surface area contributed by atoms with Gasteiger partial charge in [0.15, 0.2) is 0 Å². The summed E-state index contributed by atoms with van der Waals surface area (Å²) in [6.45, 7) is 19.3. The van der Waals surface area contributed by atoms with Crippen LogP contribution in [0.2, 0.25) is 5.02 Å². The van der Waals surface area contributed by atoms with E-state index in [4.69, 9.17) is 27.9 Å². The summed E-state index contributed by atoms with van der Waals surface area (Å²) in [7, 11) is 0. The van der Waals surface area contributed by atoms with E-state index in [1.807, 2.05) is 21.9 Å². The molecule has 5 amide bonds. The summed E-state index contributed by atoms with van der Waals surface area (Å²) in [6.07, 6.45) is 3.91. The SMILES string of the molecule is [C-]#[N+]c1ccc(OC2C(C)(C)C(N3Cc4nc(C#CC5CCC(N6CC7(CN(c8cc9c(cc8F)C(=O)N(C8CCC(=O)NC8=O)C9=O)C7)C6)CC5)ccc4C3=O)C2(C)C)cc1Cl. The Morgan fingerprint density at radius 2 is 1.57 bits per heavy atom. The molecule has 3 saturated heterocycles. The summed E-state index contributed by atoms with van der Waals surface area (Å²) in [4.78, 5) is 79.9. The highest BCUT2D eigenvalue weighted by atomic mass is 35.5. The molecule has 10 rings (SSSR count). The average Bonchev–Trinajstić information content (AvgIpc) is 3.64. The van der Waals surface area contributed by atoms with Crippen molar-refractivity contribution in [3.05, 3.63) is 92.8 Å². The highest BCUT2D eigenvalue weighted by molar-refractivity contribution is 6.33. The lowest BCUT2D eigenvalue weighted by molar-refractivity contribution is -0.199. The number of imide groups is 2. The fraction of sp³-hybridized carbons (Fsp3) is 0.479. The maximum absolute atomic E-state index is 15.4. The molecule has 3 aromatic rings. The molecule has 2 aliphatic carbocycles. The molecule has 5 fully saturated rings. The number of halogens is 2. The number of rotatable bonds is 6. The smallest absolute Gasteiger partial charge is 0.262 e. The number of nitrogens with one attached hydrogen (secondary N) is 1. The van der Waals surface area contributed by atoms with Crippen molar-refractivity contribution in [1.82, 2.24) is 25.0 Å². The summed E-state index contributed by atoms with van der Waals surface area (Å²) in [5.41, 5.74) is 2.02. The van der Waals surface area contributed by atoms with E-state index < -0.39 is 35.5 Å². The third-order valence-electron chi connectivity index (χ3n) is 14.7. The molecule has 6 heterocycles. The van der Waals surface area contributed by atoms with Crippen LogP contribution in [0.5, 0.6) is 5.75 Å². The van der Waals surface area contributed by atoms with Gasteiger partial charge in [-0.05, 0) is 74.4 Å². The van der Waals surface area contributed by atoms with Crippen molar-refractivity contribution in [3.63, 3.8) is 0 Å². The number of ether oxygens (including phenoxy) is 1. The van der Waals surface area contributed by atoms with E-state index in [0.717, 1.165) is 55.4 Å². The van der Waals surface area contributed by atoms with Gasteiger partial charge in [-0.2, -0.15) is 0 Å². The van der Waals surface area contributed by atoms with Crippen LogP contribution in [-0.2, 0) is 16.1 Å². The van der Waals surface area contributed by atoms with Crippen LogP contribution in [0.1, 0.15) is 109 Å². The standard InChI is InChI=1S/C48H47ClFN7O6/c1-46(2)44(47(3,4)45(46)63-29-13-15-35(51-5)33(49)18-29)56-21-36-30(41(56)60)14-10-27(52-36)9-6-26-7-11-28(12-8-26)54-22-48(23-54)24-55(25-48)38-20-32-31(19-34(38)50)42(61)57(43(32)62)37-16-17-39(58)53-40(37)59/h10,13-15,18-20,26,28,37,44-45H,7-8,11-12,16-17,21-25H2,1-4H3,(H,53,58,59). The van der Waals surface area contributed by atoms with Gasteiger partial charge in [0.2, 0.25) is 17.5 Å². The van der Waals surface area contributed by atoms with Crippen LogP contribution in [0.4, 0.5) is 15.8 Å². The molecule has 1 atom stereocenters. The van der Waals surface area contributed by atoms with Crippen LogP contribution in [0.25, 0.3) is 4.85 Å².